The molecule has 1 saturated heterocycles. The van der Waals surface area contributed by atoms with Gasteiger partial charge in [-0.1, -0.05) is 12.1 Å². The molecule has 0 spiro atoms. The van der Waals surface area contributed by atoms with E-state index in [0.717, 1.165) is 43.5 Å². The Bertz CT molecular complexity index is 676. The molecule has 0 saturated carbocycles. The minimum atomic E-state index is -0.280. The van der Waals surface area contributed by atoms with Crippen molar-refractivity contribution in [2.75, 3.05) is 32.8 Å². The third-order valence-corrected chi connectivity index (χ3v) is 4.97. The van der Waals surface area contributed by atoms with E-state index in [0.29, 0.717) is 19.1 Å². The number of aliphatic hydroxyl groups excluding tert-OH is 1. The summed E-state index contributed by atoms with van der Waals surface area (Å²) in [5, 5.41) is 12.2. The molecule has 1 aliphatic rings. The SMILES string of the molecule is CC(C(=O)NCCN1CCC(CO)CC1)n1cnc2ccccc21. The predicted octanol–water partition coefficient (Wildman–Crippen LogP) is 1.42. The Labute approximate surface area is 142 Å². The Morgan fingerprint density at radius 3 is 2.88 bits per heavy atom. The number of likely N-dealkylation sites (tertiary alicyclic amines) is 1. The molecule has 1 atom stereocenters. The van der Waals surface area contributed by atoms with E-state index >= 15 is 0 Å². The van der Waals surface area contributed by atoms with Gasteiger partial charge in [0.1, 0.15) is 6.04 Å². The second-order valence-electron chi connectivity index (χ2n) is 6.58. The maximum Gasteiger partial charge on any atom is 0.242 e. The molecule has 2 N–H and O–H groups in total. The highest BCUT2D eigenvalue weighted by atomic mass is 16.3. The van der Waals surface area contributed by atoms with E-state index in [1.165, 1.54) is 0 Å². The summed E-state index contributed by atoms with van der Waals surface area (Å²) >= 11 is 0. The Morgan fingerprint density at radius 2 is 2.12 bits per heavy atom. The van der Waals surface area contributed by atoms with Crippen LogP contribution in [0.3, 0.4) is 0 Å². The second kappa shape index (κ2) is 7.77. The number of imidazole rings is 1. The molecule has 1 unspecified atom stereocenters. The van der Waals surface area contributed by atoms with Crippen LogP contribution in [0.1, 0.15) is 25.8 Å². The molecule has 6 heteroatoms. The number of carbonyl (C=O) groups is 1. The zero-order valence-electron chi connectivity index (χ0n) is 14.2. The average molecular weight is 330 g/mol. The van der Waals surface area contributed by atoms with Crippen LogP contribution in [0, 0.1) is 5.92 Å². The molecule has 1 amide bonds. The van der Waals surface area contributed by atoms with Crippen molar-refractivity contribution in [3.63, 3.8) is 0 Å². The maximum atomic E-state index is 12.4. The first kappa shape index (κ1) is 16.9. The molecule has 0 bridgehead atoms. The highest BCUT2D eigenvalue weighted by Crippen LogP contribution is 2.18. The first-order chi connectivity index (χ1) is 11.7. The van der Waals surface area contributed by atoms with Gasteiger partial charge in [0.25, 0.3) is 0 Å². The molecular formula is C18H26N4O2. The number of amides is 1. The van der Waals surface area contributed by atoms with Gasteiger partial charge in [0.15, 0.2) is 0 Å². The normalized spacial score (nSPS) is 17.9. The van der Waals surface area contributed by atoms with Crippen LogP contribution < -0.4 is 5.32 Å². The lowest BCUT2D eigenvalue weighted by molar-refractivity contribution is -0.123. The van der Waals surface area contributed by atoms with Gasteiger partial charge in [0.05, 0.1) is 17.4 Å². The summed E-state index contributed by atoms with van der Waals surface area (Å²) in [6.07, 6.45) is 3.82. The van der Waals surface area contributed by atoms with Gasteiger partial charge >= 0.3 is 0 Å². The third-order valence-electron chi connectivity index (χ3n) is 4.97. The van der Waals surface area contributed by atoms with Gasteiger partial charge in [-0.25, -0.2) is 4.98 Å². The fourth-order valence-electron chi connectivity index (χ4n) is 3.29. The molecule has 2 aromatic rings. The molecule has 0 aliphatic carbocycles. The number of hydrogen-bond donors (Lipinski definition) is 2. The first-order valence-electron chi connectivity index (χ1n) is 8.71. The number of aliphatic hydroxyl groups is 1. The summed E-state index contributed by atoms with van der Waals surface area (Å²) in [4.78, 5) is 19.1. The van der Waals surface area contributed by atoms with Gasteiger partial charge < -0.3 is 19.9 Å². The largest absolute Gasteiger partial charge is 0.396 e. The van der Waals surface area contributed by atoms with Crippen molar-refractivity contribution in [2.45, 2.75) is 25.8 Å². The van der Waals surface area contributed by atoms with Gasteiger partial charge in [-0.05, 0) is 50.9 Å². The molecule has 2 heterocycles. The van der Waals surface area contributed by atoms with Gasteiger partial charge in [-0.2, -0.15) is 0 Å². The van der Waals surface area contributed by atoms with Gasteiger partial charge in [0, 0.05) is 19.7 Å². The molecule has 1 aromatic carbocycles. The Kier molecular flexibility index (Phi) is 5.48. The van der Waals surface area contributed by atoms with Crippen molar-refractivity contribution in [3.05, 3.63) is 30.6 Å². The summed E-state index contributed by atoms with van der Waals surface area (Å²) in [6, 6.07) is 7.56. The fourth-order valence-corrected chi connectivity index (χ4v) is 3.29. The minimum absolute atomic E-state index is 0.0170. The molecule has 6 nitrogen and oxygen atoms in total. The van der Waals surface area contributed by atoms with E-state index in [2.05, 4.69) is 15.2 Å². The molecule has 1 fully saturated rings. The van der Waals surface area contributed by atoms with Crippen molar-refractivity contribution in [3.8, 4) is 0 Å². The van der Waals surface area contributed by atoms with Crippen LogP contribution in [-0.2, 0) is 4.79 Å². The molecule has 24 heavy (non-hydrogen) atoms. The summed E-state index contributed by atoms with van der Waals surface area (Å²) in [6.45, 7) is 5.71. The minimum Gasteiger partial charge on any atom is -0.396 e. The Hall–Kier alpha value is -1.92. The standard InChI is InChI=1S/C18H26N4O2/c1-14(22-13-20-16-4-2-3-5-17(16)22)18(24)19-8-11-21-9-6-15(12-23)7-10-21/h2-5,13-15,23H,6-12H2,1H3,(H,19,24). The van der Waals surface area contributed by atoms with E-state index < -0.39 is 0 Å². The monoisotopic (exact) mass is 330 g/mol. The molecule has 3 rings (SSSR count). The van der Waals surface area contributed by atoms with E-state index in [9.17, 15) is 4.79 Å². The van der Waals surface area contributed by atoms with Crippen molar-refractivity contribution in [1.29, 1.82) is 0 Å². The van der Waals surface area contributed by atoms with Crippen LogP contribution >= 0.6 is 0 Å². The van der Waals surface area contributed by atoms with Gasteiger partial charge in [-0.3, -0.25) is 4.79 Å². The van der Waals surface area contributed by atoms with Crippen LogP contribution in [0.4, 0.5) is 0 Å². The summed E-state index contributed by atoms with van der Waals surface area (Å²) < 4.78 is 1.91. The van der Waals surface area contributed by atoms with Crippen LogP contribution in [0.5, 0.6) is 0 Å². The second-order valence-corrected chi connectivity index (χ2v) is 6.58. The number of rotatable bonds is 6. The zero-order chi connectivity index (χ0) is 16.9. The highest BCUT2D eigenvalue weighted by molar-refractivity contribution is 5.83. The van der Waals surface area contributed by atoms with Crippen LogP contribution in [0.25, 0.3) is 11.0 Å². The third kappa shape index (κ3) is 3.76. The molecule has 1 aliphatic heterocycles. The highest BCUT2D eigenvalue weighted by Gasteiger charge is 2.19. The van der Waals surface area contributed by atoms with Gasteiger partial charge in [0.2, 0.25) is 5.91 Å². The van der Waals surface area contributed by atoms with E-state index in [-0.39, 0.29) is 11.9 Å². The maximum absolute atomic E-state index is 12.4. The van der Waals surface area contributed by atoms with Crippen LogP contribution in [0.2, 0.25) is 0 Å². The van der Waals surface area contributed by atoms with Crippen LogP contribution in [0.15, 0.2) is 30.6 Å². The Morgan fingerprint density at radius 1 is 1.38 bits per heavy atom. The first-order valence-corrected chi connectivity index (χ1v) is 8.71. The number of fused-ring (bicyclic) bond motifs is 1. The molecule has 1 aromatic heterocycles. The summed E-state index contributed by atoms with van der Waals surface area (Å²) in [5.74, 6) is 0.466. The van der Waals surface area contributed by atoms with Crippen molar-refractivity contribution in [2.24, 2.45) is 5.92 Å². The zero-order valence-corrected chi connectivity index (χ0v) is 14.2. The quantitative estimate of drug-likeness (QED) is 0.840. The lowest BCUT2D eigenvalue weighted by Gasteiger charge is -2.31. The lowest BCUT2D eigenvalue weighted by atomic mass is 9.98. The van der Waals surface area contributed by atoms with Gasteiger partial charge in [-0.15, -0.1) is 0 Å². The molecule has 0 radical (unpaired) electrons. The number of para-hydroxylation sites is 2. The average Bonchev–Trinajstić information content (AvgIpc) is 3.05. The van der Waals surface area contributed by atoms with E-state index in [1.807, 2.05) is 35.8 Å². The number of piperidine rings is 1. The number of nitrogens with zero attached hydrogens (tertiary/aromatic N) is 3. The summed E-state index contributed by atoms with van der Waals surface area (Å²) in [5.41, 5.74) is 1.88. The Balaban J connectivity index is 1.48. The molecular weight excluding hydrogens is 304 g/mol. The lowest BCUT2D eigenvalue weighted by Crippen LogP contribution is -2.41. The number of carbonyl (C=O) groups excluding carboxylic acids is 1. The smallest absolute Gasteiger partial charge is 0.242 e. The van der Waals surface area contributed by atoms with Crippen LogP contribution in [-0.4, -0.2) is 58.3 Å². The van der Waals surface area contributed by atoms with Crippen molar-refractivity contribution in [1.82, 2.24) is 19.8 Å². The topological polar surface area (TPSA) is 70.4 Å². The van der Waals surface area contributed by atoms with E-state index in [4.69, 9.17) is 5.11 Å². The fraction of sp³-hybridized carbons (Fsp3) is 0.556. The number of nitrogens with one attached hydrogen (secondary N) is 1. The van der Waals surface area contributed by atoms with E-state index in [1.54, 1.807) is 6.33 Å². The number of hydrogen-bond acceptors (Lipinski definition) is 4. The van der Waals surface area contributed by atoms with Crippen molar-refractivity contribution < 1.29 is 9.90 Å². The summed E-state index contributed by atoms with van der Waals surface area (Å²) in [7, 11) is 0. The number of benzene rings is 1. The predicted molar refractivity (Wildman–Crippen MR) is 93.7 cm³/mol. The number of aromatic nitrogens is 2. The van der Waals surface area contributed by atoms with Crippen molar-refractivity contribution >= 4 is 16.9 Å². The molecule has 130 valence electrons.